The highest BCUT2D eigenvalue weighted by Gasteiger charge is 2.16. The van der Waals surface area contributed by atoms with Crippen LogP contribution >= 0.6 is 34.5 Å². The molecular formula is C18H14Cl2N2O5S2. The Hall–Kier alpha value is -2.20. The van der Waals surface area contributed by atoms with Gasteiger partial charge in [-0.05, 0) is 36.4 Å². The molecule has 0 saturated heterocycles. The number of carbonyl (C=O) groups is 2. The Kier molecular flexibility index (Phi) is 6.13. The summed E-state index contributed by atoms with van der Waals surface area (Å²) >= 11 is 13.0. The van der Waals surface area contributed by atoms with Crippen molar-refractivity contribution >= 4 is 66.5 Å². The number of carbonyl (C=O) groups excluding carboxylic acids is 2. The minimum atomic E-state index is -3.42. The van der Waals surface area contributed by atoms with Crippen LogP contribution in [0.5, 0.6) is 0 Å². The predicted octanol–water partition coefficient (Wildman–Crippen LogP) is 3.33. The number of rotatable bonds is 4. The van der Waals surface area contributed by atoms with Crippen LogP contribution in [0.3, 0.4) is 0 Å². The van der Waals surface area contributed by atoms with Gasteiger partial charge in [0, 0.05) is 11.3 Å². The first kappa shape index (κ1) is 21.5. The van der Waals surface area contributed by atoms with Crippen molar-refractivity contribution in [2.75, 3.05) is 13.4 Å². The normalized spacial score (nSPS) is 12.3. The van der Waals surface area contributed by atoms with Crippen LogP contribution < -0.4 is 4.80 Å². The largest absolute Gasteiger partial charge is 0.468 e. The summed E-state index contributed by atoms with van der Waals surface area (Å²) < 4.78 is 30.4. The van der Waals surface area contributed by atoms with Gasteiger partial charge in [0.2, 0.25) is 0 Å². The molecule has 0 fully saturated rings. The maximum absolute atomic E-state index is 12.6. The third-order valence-corrected chi connectivity index (χ3v) is 6.66. The monoisotopic (exact) mass is 472 g/mol. The smallest absolute Gasteiger partial charge is 0.325 e. The summed E-state index contributed by atoms with van der Waals surface area (Å²) in [4.78, 5) is 28.9. The van der Waals surface area contributed by atoms with Gasteiger partial charge in [-0.3, -0.25) is 9.59 Å². The van der Waals surface area contributed by atoms with E-state index in [9.17, 15) is 18.0 Å². The zero-order valence-corrected chi connectivity index (χ0v) is 18.3. The SMILES string of the molecule is COC(=O)Cn1c(=NC(=O)c2ccc(Cl)cc2Cl)sc2cc(S(C)(=O)=O)ccc21. The van der Waals surface area contributed by atoms with Gasteiger partial charge in [0.25, 0.3) is 5.91 Å². The highest BCUT2D eigenvalue weighted by molar-refractivity contribution is 7.90. The van der Waals surface area contributed by atoms with Crippen molar-refractivity contribution in [2.24, 2.45) is 4.99 Å². The Labute approximate surface area is 180 Å². The molecule has 11 heteroatoms. The number of sulfone groups is 1. The first-order valence-corrected chi connectivity index (χ1v) is 11.5. The van der Waals surface area contributed by atoms with E-state index in [0.717, 1.165) is 17.6 Å². The molecule has 0 aliphatic heterocycles. The van der Waals surface area contributed by atoms with Crippen LogP contribution in [0, 0.1) is 0 Å². The zero-order chi connectivity index (χ0) is 21.3. The number of fused-ring (bicyclic) bond motifs is 1. The van der Waals surface area contributed by atoms with Gasteiger partial charge in [-0.15, -0.1) is 0 Å². The predicted molar refractivity (Wildman–Crippen MR) is 111 cm³/mol. The second-order valence-electron chi connectivity index (χ2n) is 5.99. The van der Waals surface area contributed by atoms with Crippen molar-refractivity contribution in [1.29, 1.82) is 0 Å². The summed E-state index contributed by atoms with van der Waals surface area (Å²) in [6.45, 7) is -0.199. The molecule has 0 aliphatic carbocycles. The summed E-state index contributed by atoms with van der Waals surface area (Å²) in [7, 11) is -2.18. The maximum Gasteiger partial charge on any atom is 0.325 e. The average Bonchev–Trinajstić information content (AvgIpc) is 2.97. The van der Waals surface area contributed by atoms with Gasteiger partial charge in [-0.25, -0.2) is 8.42 Å². The molecular weight excluding hydrogens is 459 g/mol. The van der Waals surface area contributed by atoms with E-state index in [-0.39, 0.29) is 26.8 Å². The van der Waals surface area contributed by atoms with Gasteiger partial charge < -0.3 is 9.30 Å². The van der Waals surface area contributed by atoms with Crippen molar-refractivity contribution in [2.45, 2.75) is 11.4 Å². The second-order valence-corrected chi connectivity index (χ2v) is 9.86. The number of benzene rings is 2. The van der Waals surface area contributed by atoms with Gasteiger partial charge in [-0.2, -0.15) is 4.99 Å². The fourth-order valence-corrected chi connectivity index (χ4v) is 4.80. The van der Waals surface area contributed by atoms with E-state index < -0.39 is 21.7 Å². The minimum Gasteiger partial charge on any atom is -0.468 e. The van der Waals surface area contributed by atoms with Crippen LogP contribution in [0.4, 0.5) is 0 Å². The first-order chi connectivity index (χ1) is 13.6. The van der Waals surface area contributed by atoms with E-state index in [1.54, 1.807) is 6.07 Å². The highest BCUT2D eigenvalue weighted by Crippen LogP contribution is 2.24. The molecule has 1 aromatic heterocycles. The van der Waals surface area contributed by atoms with Gasteiger partial charge in [0.1, 0.15) is 6.54 Å². The van der Waals surface area contributed by atoms with E-state index >= 15 is 0 Å². The lowest BCUT2D eigenvalue weighted by molar-refractivity contribution is -0.141. The molecule has 0 saturated carbocycles. The van der Waals surface area contributed by atoms with Crippen molar-refractivity contribution < 1.29 is 22.7 Å². The number of halogens is 2. The van der Waals surface area contributed by atoms with Crippen LogP contribution in [0.25, 0.3) is 10.2 Å². The number of thiazole rings is 1. The second kappa shape index (κ2) is 8.27. The fraction of sp³-hybridized carbons (Fsp3) is 0.167. The van der Waals surface area contributed by atoms with Crippen LogP contribution in [-0.4, -0.2) is 38.2 Å². The Morgan fingerprint density at radius 1 is 1.17 bits per heavy atom. The van der Waals surface area contributed by atoms with Gasteiger partial charge in [0.15, 0.2) is 14.6 Å². The summed E-state index contributed by atoms with van der Waals surface area (Å²) in [5.41, 5.74) is 0.691. The van der Waals surface area contributed by atoms with E-state index in [0.29, 0.717) is 15.2 Å². The Bertz CT molecular complexity index is 1310. The summed E-state index contributed by atoms with van der Waals surface area (Å²) in [5, 5.41) is 0.522. The lowest BCUT2D eigenvalue weighted by atomic mass is 10.2. The van der Waals surface area contributed by atoms with Crippen LogP contribution in [0.2, 0.25) is 10.0 Å². The van der Waals surface area contributed by atoms with Crippen LogP contribution in [-0.2, 0) is 25.9 Å². The third-order valence-electron chi connectivity index (χ3n) is 3.96. The van der Waals surface area contributed by atoms with E-state index in [1.807, 2.05) is 0 Å². The quantitative estimate of drug-likeness (QED) is 0.542. The number of hydrogen-bond acceptors (Lipinski definition) is 6. The molecule has 0 atom stereocenters. The molecule has 0 spiro atoms. The number of amides is 1. The number of nitrogens with zero attached hydrogens (tertiary/aromatic N) is 2. The number of hydrogen-bond donors (Lipinski definition) is 0. The molecule has 29 heavy (non-hydrogen) atoms. The lowest BCUT2D eigenvalue weighted by Crippen LogP contribution is -2.22. The first-order valence-electron chi connectivity index (χ1n) is 8.04. The van der Waals surface area contributed by atoms with E-state index in [4.69, 9.17) is 27.9 Å². The average molecular weight is 473 g/mol. The summed E-state index contributed by atoms with van der Waals surface area (Å²) in [6.07, 6.45) is 1.10. The highest BCUT2D eigenvalue weighted by atomic mass is 35.5. The van der Waals surface area contributed by atoms with Crippen molar-refractivity contribution in [3.63, 3.8) is 0 Å². The molecule has 0 aliphatic rings. The van der Waals surface area contributed by atoms with Crippen molar-refractivity contribution in [3.05, 3.63) is 56.8 Å². The number of ether oxygens (including phenoxy) is 1. The third kappa shape index (κ3) is 4.69. The molecule has 0 bridgehead atoms. The molecule has 0 radical (unpaired) electrons. The molecule has 1 heterocycles. The fourth-order valence-electron chi connectivity index (χ4n) is 2.53. The molecule has 3 rings (SSSR count). The van der Waals surface area contributed by atoms with Crippen LogP contribution in [0.1, 0.15) is 10.4 Å². The van der Waals surface area contributed by atoms with Crippen molar-refractivity contribution in [3.8, 4) is 0 Å². The maximum atomic E-state index is 12.6. The molecule has 152 valence electrons. The Morgan fingerprint density at radius 2 is 1.90 bits per heavy atom. The molecule has 0 unspecified atom stereocenters. The topological polar surface area (TPSA) is 94.8 Å². The molecule has 0 N–H and O–H groups in total. The van der Waals surface area contributed by atoms with E-state index in [2.05, 4.69) is 4.99 Å². The summed E-state index contributed by atoms with van der Waals surface area (Å²) in [6, 6.07) is 8.86. The summed E-state index contributed by atoms with van der Waals surface area (Å²) in [5.74, 6) is -1.17. The number of methoxy groups -OCH3 is 1. The molecule has 1 amide bonds. The van der Waals surface area contributed by atoms with Gasteiger partial charge >= 0.3 is 5.97 Å². The van der Waals surface area contributed by atoms with Gasteiger partial charge in [-0.1, -0.05) is 34.5 Å². The molecule has 7 nitrogen and oxygen atoms in total. The molecule has 2 aromatic carbocycles. The van der Waals surface area contributed by atoms with Crippen LogP contribution in [0.15, 0.2) is 46.3 Å². The number of aromatic nitrogens is 1. The van der Waals surface area contributed by atoms with Gasteiger partial charge in [0.05, 0.1) is 32.8 Å². The lowest BCUT2D eigenvalue weighted by Gasteiger charge is -2.04. The minimum absolute atomic E-state index is 0.120. The van der Waals surface area contributed by atoms with E-state index in [1.165, 1.54) is 42.0 Å². The Morgan fingerprint density at radius 3 is 2.52 bits per heavy atom. The molecule has 3 aromatic rings. The zero-order valence-electron chi connectivity index (χ0n) is 15.2. The van der Waals surface area contributed by atoms with Crippen molar-refractivity contribution in [1.82, 2.24) is 4.57 Å². The Balaban J connectivity index is 2.21. The standard InChI is InChI=1S/C18H14Cl2N2O5S2/c1-27-16(23)9-22-14-6-4-11(29(2,25)26)8-15(14)28-18(22)21-17(24)12-5-3-10(19)7-13(12)20/h3-8H,9H2,1-2H3. The number of esters is 1.